The van der Waals surface area contributed by atoms with E-state index in [1.807, 2.05) is 29.6 Å². The summed E-state index contributed by atoms with van der Waals surface area (Å²) in [6, 6.07) is 8.08. The van der Waals surface area contributed by atoms with E-state index >= 15 is 0 Å². The van der Waals surface area contributed by atoms with Gasteiger partial charge in [0.1, 0.15) is 6.04 Å². The highest BCUT2D eigenvalue weighted by atomic mass is 32.2. The Labute approximate surface area is 128 Å². The summed E-state index contributed by atoms with van der Waals surface area (Å²) in [6.45, 7) is 1.67. The zero-order chi connectivity index (χ0) is 13.8. The number of thioether (sulfide) groups is 2. The van der Waals surface area contributed by atoms with Crippen LogP contribution in [0, 0.1) is 0 Å². The molecule has 20 heavy (non-hydrogen) atoms. The number of fused-ring (bicyclic) bond motifs is 1. The summed E-state index contributed by atoms with van der Waals surface area (Å²) in [5.41, 5.74) is 2.44. The van der Waals surface area contributed by atoms with Gasteiger partial charge in [0, 0.05) is 35.6 Å². The fourth-order valence-electron chi connectivity index (χ4n) is 2.71. The summed E-state index contributed by atoms with van der Waals surface area (Å²) in [6.07, 6.45) is 1.01. The van der Waals surface area contributed by atoms with Crippen molar-refractivity contribution in [1.29, 1.82) is 0 Å². The molecule has 2 aliphatic heterocycles. The van der Waals surface area contributed by atoms with Crippen molar-refractivity contribution < 1.29 is 4.79 Å². The zero-order valence-electron chi connectivity index (χ0n) is 11.4. The van der Waals surface area contributed by atoms with Crippen molar-refractivity contribution in [2.75, 3.05) is 30.3 Å². The quantitative estimate of drug-likeness (QED) is 0.894. The monoisotopic (exact) mass is 308 g/mol. The molecule has 5 heteroatoms. The van der Waals surface area contributed by atoms with E-state index in [2.05, 4.69) is 28.8 Å². The molecule has 0 spiro atoms. The highest BCUT2D eigenvalue weighted by Gasteiger charge is 2.26. The number of nitrogens with one attached hydrogen (secondary N) is 2. The highest BCUT2D eigenvalue weighted by molar-refractivity contribution is 8.06. The first-order valence-electron chi connectivity index (χ1n) is 7.13. The Morgan fingerprint density at radius 1 is 1.35 bits per heavy atom. The van der Waals surface area contributed by atoms with Gasteiger partial charge in [0.2, 0.25) is 5.91 Å². The molecule has 2 N–H and O–H groups in total. The van der Waals surface area contributed by atoms with Crippen LogP contribution >= 0.6 is 23.5 Å². The van der Waals surface area contributed by atoms with Gasteiger partial charge in [0.15, 0.2) is 0 Å². The highest BCUT2D eigenvalue weighted by Crippen LogP contribution is 2.25. The molecule has 1 saturated heterocycles. The van der Waals surface area contributed by atoms with Gasteiger partial charge in [0.05, 0.1) is 0 Å². The lowest BCUT2D eigenvalue weighted by Crippen LogP contribution is -2.43. The normalized spacial score (nSPS) is 25.8. The predicted octanol–water partition coefficient (Wildman–Crippen LogP) is 1.84. The van der Waals surface area contributed by atoms with Crippen LogP contribution in [-0.2, 0) is 11.2 Å². The maximum Gasteiger partial charge on any atom is 0.241 e. The Bertz CT molecular complexity index is 475. The fraction of sp³-hybridized carbons (Fsp3) is 0.533. The van der Waals surface area contributed by atoms with Gasteiger partial charge in [-0.05, 0) is 17.5 Å². The van der Waals surface area contributed by atoms with E-state index in [-0.39, 0.29) is 11.9 Å². The molecule has 2 heterocycles. The van der Waals surface area contributed by atoms with Crippen molar-refractivity contribution in [2.24, 2.45) is 0 Å². The second-order valence-corrected chi connectivity index (χ2v) is 7.71. The molecule has 0 aromatic heterocycles. The summed E-state index contributed by atoms with van der Waals surface area (Å²) >= 11 is 3.97. The molecular formula is C15H20N2OS2. The van der Waals surface area contributed by atoms with Gasteiger partial charge in [-0.3, -0.25) is 4.79 Å². The molecule has 0 radical (unpaired) electrons. The second kappa shape index (κ2) is 6.87. The summed E-state index contributed by atoms with van der Waals surface area (Å²) in [7, 11) is 0. The number of hydrogen-bond donors (Lipinski definition) is 2. The Kier molecular flexibility index (Phi) is 4.91. The van der Waals surface area contributed by atoms with E-state index in [4.69, 9.17) is 0 Å². The number of rotatable bonds is 3. The molecule has 2 aliphatic rings. The van der Waals surface area contributed by atoms with Crippen LogP contribution in [0.4, 0.5) is 0 Å². The first-order chi connectivity index (χ1) is 9.84. The van der Waals surface area contributed by atoms with Crippen molar-refractivity contribution in [2.45, 2.75) is 17.7 Å². The van der Waals surface area contributed by atoms with Crippen LogP contribution in [-0.4, -0.2) is 41.5 Å². The third kappa shape index (κ3) is 3.32. The minimum atomic E-state index is -0.179. The average Bonchev–Trinajstić information content (AvgIpc) is 2.53. The third-order valence-electron chi connectivity index (χ3n) is 3.76. The van der Waals surface area contributed by atoms with Gasteiger partial charge in [-0.2, -0.15) is 23.5 Å². The number of amides is 1. The number of benzene rings is 1. The van der Waals surface area contributed by atoms with Crippen LogP contribution in [0.25, 0.3) is 0 Å². The molecule has 0 aliphatic carbocycles. The molecule has 3 nitrogen and oxygen atoms in total. The summed E-state index contributed by atoms with van der Waals surface area (Å²) in [5.74, 6) is 3.72. The molecule has 3 rings (SSSR count). The first-order valence-corrected chi connectivity index (χ1v) is 9.33. The Balaban J connectivity index is 1.60. The van der Waals surface area contributed by atoms with Crippen LogP contribution in [0.5, 0.6) is 0 Å². The lowest BCUT2D eigenvalue weighted by atomic mass is 9.94. The Morgan fingerprint density at radius 3 is 3.10 bits per heavy atom. The topological polar surface area (TPSA) is 41.1 Å². The maximum atomic E-state index is 12.4. The molecule has 0 bridgehead atoms. The number of carbonyl (C=O) groups is 1. The molecule has 2 atom stereocenters. The van der Waals surface area contributed by atoms with Crippen molar-refractivity contribution in [3.63, 3.8) is 0 Å². The third-order valence-corrected chi connectivity index (χ3v) is 6.60. The molecule has 1 aromatic rings. The van der Waals surface area contributed by atoms with Crippen LogP contribution in [0.2, 0.25) is 0 Å². The molecule has 1 fully saturated rings. The smallest absolute Gasteiger partial charge is 0.241 e. The molecule has 1 amide bonds. The van der Waals surface area contributed by atoms with Gasteiger partial charge in [-0.25, -0.2) is 0 Å². The van der Waals surface area contributed by atoms with Gasteiger partial charge in [-0.15, -0.1) is 0 Å². The van der Waals surface area contributed by atoms with E-state index < -0.39 is 0 Å². The molecule has 108 valence electrons. The van der Waals surface area contributed by atoms with Crippen molar-refractivity contribution in [3.8, 4) is 0 Å². The second-order valence-electron chi connectivity index (χ2n) is 5.15. The Hall–Kier alpha value is -0.650. The molecule has 2 unspecified atom stereocenters. The predicted molar refractivity (Wildman–Crippen MR) is 87.5 cm³/mol. The van der Waals surface area contributed by atoms with Gasteiger partial charge in [-0.1, -0.05) is 24.3 Å². The standard InChI is InChI=1S/C15H20N2OS2/c18-15(17-9-12-10-19-7-8-20-12)14-13-4-2-1-3-11(13)5-6-16-14/h1-4,12,14,16H,5-10H2,(H,17,18). The van der Waals surface area contributed by atoms with E-state index in [1.165, 1.54) is 17.1 Å². The van der Waals surface area contributed by atoms with Gasteiger partial charge >= 0.3 is 0 Å². The maximum absolute atomic E-state index is 12.4. The zero-order valence-corrected chi connectivity index (χ0v) is 13.1. The van der Waals surface area contributed by atoms with Crippen LogP contribution in [0.1, 0.15) is 17.2 Å². The van der Waals surface area contributed by atoms with Gasteiger partial charge in [0.25, 0.3) is 0 Å². The van der Waals surface area contributed by atoms with Crippen LogP contribution < -0.4 is 10.6 Å². The fourth-order valence-corrected chi connectivity index (χ4v) is 5.32. The number of hydrogen-bond acceptors (Lipinski definition) is 4. The van der Waals surface area contributed by atoms with E-state index in [0.29, 0.717) is 5.25 Å². The molecular weight excluding hydrogens is 288 g/mol. The lowest BCUT2D eigenvalue weighted by molar-refractivity contribution is -0.123. The van der Waals surface area contributed by atoms with E-state index in [0.717, 1.165) is 30.8 Å². The Morgan fingerprint density at radius 2 is 2.25 bits per heavy atom. The van der Waals surface area contributed by atoms with Crippen molar-refractivity contribution >= 4 is 29.4 Å². The lowest BCUT2D eigenvalue weighted by Gasteiger charge is -2.27. The first kappa shape index (κ1) is 14.3. The van der Waals surface area contributed by atoms with E-state index in [1.54, 1.807) is 0 Å². The largest absolute Gasteiger partial charge is 0.353 e. The van der Waals surface area contributed by atoms with Crippen molar-refractivity contribution in [3.05, 3.63) is 35.4 Å². The van der Waals surface area contributed by atoms with Gasteiger partial charge < -0.3 is 10.6 Å². The molecule has 1 aromatic carbocycles. The van der Waals surface area contributed by atoms with Crippen LogP contribution in [0.15, 0.2) is 24.3 Å². The average molecular weight is 308 g/mol. The molecule has 0 saturated carbocycles. The summed E-state index contributed by atoms with van der Waals surface area (Å²) < 4.78 is 0. The summed E-state index contributed by atoms with van der Waals surface area (Å²) in [4.78, 5) is 12.4. The minimum Gasteiger partial charge on any atom is -0.353 e. The summed E-state index contributed by atoms with van der Waals surface area (Å²) in [5, 5.41) is 7.03. The van der Waals surface area contributed by atoms with Crippen LogP contribution in [0.3, 0.4) is 0 Å². The van der Waals surface area contributed by atoms with E-state index in [9.17, 15) is 4.79 Å². The number of carbonyl (C=O) groups excluding carboxylic acids is 1. The van der Waals surface area contributed by atoms with Crippen molar-refractivity contribution in [1.82, 2.24) is 10.6 Å². The minimum absolute atomic E-state index is 0.119. The SMILES string of the molecule is O=C(NCC1CSCCS1)C1NCCc2ccccc21.